The molecule has 0 N–H and O–H groups in total. The number of methoxy groups -OCH3 is 1. The summed E-state index contributed by atoms with van der Waals surface area (Å²) in [4.78, 5) is 28.0. The lowest BCUT2D eigenvalue weighted by atomic mass is 10.1. The average molecular weight is 309 g/mol. The average Bonchev–Trinajstić information content (AvgIpc) is 2.85. The lowest BCUT2D eigenvalue weighted by molar-refractivity contribution is -0.130. The SMILES string of the molecule is COc1ccc2c(c1)CN1C(=O)CC[C@@H]1N2C(=O)CCCl. The van der Waals surface area contributed by atoms with Crippen molar-refractivity contribution in [1.29, 1.82) is 0 Å². The van der Waals surface area contributed by atoms with E-state index < -0.39 is 0 Å². The molecular weight excluding hydrogens is 292 g/mol. The van der Waals surface area contributed by atoms with E-state index >= 15 is 0 Å². The van der Waals surface area contributed by atoms with Crippen molar-refractivity contribution in [3.05, 3.63) is 23.8 Å². The molecule has 0 bridgehead atoms. The Morgan fingerprint density at radius 1 is 1.48 bits per heavy atom. The molecule has 1 fully saturated rings. The van der Waals surface area contributed by atoms with Gasteiger partial charge in [-0.15, -0.1) is 11.6 Å². The largest absolute Gasteiger partial charge is 0.497 e. The summed E-state index contributed by atoms with van der Waals surface area (Å²) >= 11 is 5.71. The molecule has 0 aromatic heterocycles. The number of ether oxygens (including phenoxy) is 1. The molecule has 0 aliphatic carbocycles. The first-order chi connectivity index (χ1) is 10.2. The number of benzene rings is 1. The Morgan fingerprint density at radius 3 is 3.00 bits per heavy atom. The summed E-state index contributed by atoms with van der Waals surface area (Å²) in [5.74, 6) is 1.06. The number of amides is 2. The molecule has 1 aromatic rings. The molecule has 112 valence electrons. The van der Waals surface area contributed by atoms with Crippen LogP contribution in [0.15, 0.2) is 18.2 Å². The lowest BCUT2D eigenvalue weighted by Gasteiger charge is -2.41. The fourth-order valence-corrected chi connectivity index (χ4v) is 3.24. The summed E-state index contributed by atoms with van der Waals surface area (Å²) in [5.41, 5.74) is 1.80. The Morgan fingerprint density at radius 2 is 2.29 bits per heavy atom. The van der Waals surface area contributed by atoms with E-state index in [0.717, 1.165) is 17.0 Å². The zero-order chi connectivity index (χ0) is 15.0. The van der Waals surface area contributed by atoms with Crippen LogP contribution in [-0.2, 0) is 16.1 Å². The zero-order valence-electron chi connectivity index (χ0n) is 11.8. The molecule has 1 saturated heterocycles. The number of rotatable bonds is 3. The number of carbonyl (C=O) groups is 2. The Hall–Kier alpha value is -1.75. The molecule has 6 heteroatoms. The molecule has 5 nitrogen and oxygen atoms in total. The van der Waals surface area contributed by atoms with Crippen LogP contribution in [0.2, 0.25) is 0 Å². The van der Waals surface area contributed by atoms with Crippen molar-refractivity contribution >= 4 is 29.1 Å². The third-order valence-corrected chi connectivity index (χ3v) is 4.25. The third kappa shape index (κ3) is 2.35. The Balaban J connectivity index is 2.04. The van der Waals surface area contributed by atoms with E-state index in [1.54, 1.807) is 16.9 Å². The molecule has 1 aromatic carbocycles. The minimum atomic E-state index is -0.172. The molecule has 2 heterocycles. The van der Waals surface area contributed by atoms with Gasteiger partial charge in [0.05, 0.1) is 12.8 Å². The first kappa shape index (κ1) is 14.2. The van der Waals surface area contributed by atoms with Crippen LogP contribution in [0.25, 0.3) is 0 Å². The van der Waals surface area contributed by atoms with Gasteiger partial charge in [-0.05, 0) is 30.2 Å². The quantitative estimate of drug-likeness (QED) is 0.804. The van der Waals surface area contributed by atoms with Gasteiger partial charge in [-0.1, -0.05) is 0 Å². The predicted molar refractivity (Wildman–Crippen MR) is 79.4 cm³/mol. The van der Waals surface area contributed by atoms with Crippen LogP contribution >= 0.6 is 11.6 Å². The van der Waals surface area contributed by atoms with Crippen LogP contribution in [0.3, 0.4) is 0 Å². The first-order valence-corrected chi connectivity index (χ1v) is 7.53. The van der Waals surface area contributed by atoms with E-state index in [1.165, 1.54) is 0 Å². The van der Waals surface area contributed by atoms with Crippen molar-refractivity contribution in [2.75, 3.05) is 17.9 Å². The fourth-order valence-electron chi connectivity index (χ4n) is 3.08. The van der Waals surface area contributed by atoms with Crippen molar-refractivity contribution in [2.24, 2.45) is 0 Å². The van der Waals surface area contributed by atoms with E-state index in [2.05, 4.69) is 0 Å². The van der Waals surface area contributed by atoms with Gasteiger partial charge >= 0.3 is 0 Å². The van der Waals surface area contributed by atoms with Crippen LogP contribution in [0.4, 0.5) is 5.69 Å². The second-order valence-corrected chi connectivity index (χ2v) is 5.62. The van der Waals surface area contributed by atoms with Gasteiger partial charge in [0, 0.05) is 25.3 Å². The van der Waals surface area contributed by atoms with Gasteiger partial charge in [-0.25, -0.2) is 0 Å². The lowest BCUT2D eigenvalue weighted by Crippen LogP contribution is -2.52. The van der Waals surface area contributed by atoms with Crippen molar-refractivity contribution in [1.82, 2.24) is 4.90 Å². The highest BCUT2D eigenvalue weighted by Crippen LogP contribution is 2.38. The molecule has 21 heavy (non-hydrogen) atoms. The molecule has 1 atom stereocenters. The van der Waals surface area contributed by atoms with Gasteiger partial charge < -0.3 is 9.64 Å². The molecule has 3 rings (SSSR count). The summed E-state index contributed by atoms with van der Waals surface area (Å²) in [6, 6.07) is 5.62. The number of hydrogen-bond donors (Lipinski definition) is 0. The number of halogens is 1. The highest BCUT2D eigenvalue weighted by atomic mass is 35.5. The molecular formula is C15H17ClN2O3. The minimum absolute atomic E-state index is 0.0409. The molecule has 0 saturated carbocycles. The van der Waals surface area contributed by atoms with Crippen LogP contribution in [-0.4, -0.2) is 35.9 Å². The van der Waals surface area contributed by atoms with Crippen LogP contribution in [0, 0.1) is 0 Å². The number of carbonyl (C=O) groups excluding carboxylic acids is 2. The number of anilines is 1. The summed E-state index contributed by atoms with van der Waals surface area (Å²) in [6.45, 7) is 0.528. The van der Waals surface area contributed by atoms with E-state index in [-0.39, 0.29) is 30.3 Å². The van der Waals surface area contributed by atoms with Crippen molar-refractivity contribution < 1.29 is 14.3 Å². The summed E-state index contributed by atoms with van der Waals surface area (Å²) in [7, 11) is 1.60. The molecule has 0 unspecified atom stereocenters. The first-order valence-electron chi connectivity index (χ1n) is 7.00. The van der Waals surface area contributed by atoms with Gasteiger partial charge in [-0.2, -0.15) is 0 Å². The highest BCUT2D eigenvalue weighted by Gasteiger charge is 2.42. The van der Waals surface area contributed by atoms with Gasteiger partial charge in [0.15, 0.2) is 0 Å². The predicted octanol–water partition coefficient (Wildman–Crippen LogP) is 2.12. The highest BCUT2D eigenvalue weighted by molar-refractivity contribution is 6.19. The molecule has 2 aliphatic heterocycles. The monoisotopic (exact) mass is 308 g/mol. The zero-order valence-corrected chi connectivity index (χ0v) is 12.6. The maximum Gasteiger partial charge on any atom is 0.229 e. The molecule has 0 radical (unpaired) electrons. The van der Waals surface area contributed by atoms with E-state index in [0.29, 0.717) is 19.4 Å². The van der Waals surface area contributed by atoms with Crippen molar-refractivity contribution in [3.63, 3.8) is 0 Å². The topological polar surface area (TPSA) is 49.9 Å². The Kier molecular flexibility index (Phi) is 3.76. The third-order valence-electron chi connectivity index (χ3n) is 4.06. The van der Waals surface area contributed by atoms with Gasteiger partial charge in [0.1, 0.15) is 11.9 Å². The van der Waals surface area contributed by atoms with E-state index in [4.69, 9.17) is 16.3 Å². The number of nitrogens with zero attached hydrogens (tertiary/aromatic N) is 2. The summed E-state index contributed by atoms with van der Waals surface area (Å²) in [6.07, 6.45) is 1.26. The molecule has 0 spiro atoms. The van der Waals surface area contributed by atoms with Crippen LogP contribution in [0.1, 0.15) is 24.8 Å². The van der Waals surface area contributed by atoms with Crippen LogP contribution < -0.4 is 9.64 Å². The summed E-state index contributed by atoms with van der Waals surface area (Å²) in [5, 5.41) is 0. The smallest absolute Gasteiger partial charge is 0.229 e. The standard InChI is InChI=1S/C15H17ClN2O3/c1-21-11-2-3-12-10(8-11)9-17-13(4-5-14(17)19)18(12)15(20)6-7-16/h2-3,8,13H,4-7,9H2,1H3/t13-/m0/s1. The number of fused-ring (bicyclic) bond motifs is 2. The maximum atomic E-state index is 12.4. The number of alkyl halides is 1. The van der Waals surface area contributed by atoms with E-state index in [9.17, 15) is 9.59 Å². The molecule has 2 aliphatic rings. The van der Waals surface area contributed by atoms with Crippen LogP contribution in [0.5, 0.6) is 5.75 Å². The minimum Gasteiger partial charge on any atom is -0.497 e. The van der Waals surface area contributed by atoms with Gasteiger partial charge in [-0.3, -0.25) is 14.5 Å². The fraction of sp³-hybridized carbons (Fsp3) is 0.467. The normalized spacial score (nSPS) is 20.3. The summed E-state index contributed by atoms with van der Waals surface area (Å²) < 4.78 is 5.23. The molecule has 2 amide bonds. The van der Waals surface area contributed by atoms with Gasteiger partial charge in [0.2, 0.25) is 11.8 Å². The van der Waals surface area contributed by atoms with E-state index in [1.807, 2.05) is 18.2 Å². The second kappa shape index (κ2) is 5.56. The maximum absolute atomic E-state index is 12.4. The second-order valence-electron chi connectivity index (χ2n) is 5.24. The van der Waals surface area contributed by atoms with Gasteiger partial charge in [0.25, 0.3) is 0 Å². The number of hydrogen-bond acceptors (Lipinski definition) is 3. The Bertz CT molecular complexity index is 590. The van der Waals surface area contributed by atoms with Crippen molar-refractivity contribution in [3.8, 4) is 5.75 Å². The Labute approximate surface area is 128 Å². The van der Waals surface area contributed by atoms with Crippen molar-refractivity contribution in [2.45, 2.75) is 32.0 Å².